The number of aryl methyl sites for hydroxylation is 1. The zero-order valence-electron chi connectivity index (χ0n) is 12.4. The molecule has 0 spiro atoms. The summed E-state index contributed by atoms with van der Waals surface area (Å²) < 4.78 is 5.00. The minimum Gasteiger partial charge on any atom is -0.461 e. The van der Waals surface area contributed by atoms with E-state index in [0.29, 0.717) is 18.3 Å². The monoisotopic (exact) mass is 297 g/mol. The van der Waals surface area contributed by atoms with E-state index in [1.807, 2.05) is 6.92 Å². The Morgan fingerprint density at radius 2 is 2.35 bits per heavy atom. The zero-order chi connectivity index (χ0) is 14.5. The summed E-state index contributed by atoms with van der Waals surface area (Å²) in [6, 6.07) is 0.555. The van der Waals surface area contributed by atoms with Gasteiger partial charge in [-0.2, -0.15) is 0 Å². The fraction of sp³-hybridized carbons (Fsp3) is 0.714. The fourth-order valence-corrected chi connectivity index (χ4v) is 3.28. The summed E-state index contributed by atoms with van der Waals surface area (Å²) in [5.74, 6) is -0.330. The lowest BCUT2D eigenvalue weighted by atomic mass is 10.0. The van der Waals surface area contributed by atoms with Gasteiger partial charge in [-0.15, -0.1) is 11.3 Å². The predicted molar refractivity (Wildman–Crippen MR) is 81.6 cm³/mol. The summed E-state index contributed by atoms with van der Waals surface area (Å²) >= 11 is 1.52. The normalized spacial score (nSPS) is 19.9. The quantitative estimate of drug-likeness (QED) is 0.846. The molecule has 0 radical (unpaired) electrons. The third-order valence-corrected chi connectivity index (χ3v) is 4.60. The Hall–Kier alpha value is -1.14. The highest BCUT2D eigenvalue weighted by Gasteiger charge is 2.20. The molecule has 1 aromatic heterocycles. The maximum atomic E-state index is 11.7. The Morgan fingerprint density at radius 3 is 3.05 bits per heavy atom. The molecule has 1 unspecified atom stereocenters. The first-order chi connectivity index (χ1) is 9.61. The van der Waals surface area contributed by atoms with Crippen molar-refractivity contribution in [3.63, 3.8) is 0 Å². The predicted octanol–water partition coefficient (Wildman–Crippen LogP) is 2.52. The van der Waals surface area contributed by atoms with Crippen LogP contribution < -0.4 is 5.32 Å². The van der Waals surface area contributed by atoms with Gasteiger partial charge < -0.3 is 15.0 Å². The molecule has 0 saturated carbocycles. The van der Waals surface area contributed by atoms with E-state index < -0.39 is 0 Å². The number of likely N-dealkylation sites (tertiary alicyclic amines) is 1. The number of carbonyl (C=O) groups excluding carboxylic acids is 1. The average molecular weight is 297 g/mol. The van der Waals surface area contributed by atoms with Crippen LogP contribution in [0.5, 0.6) is 0 Å². The molecule has 1 aromatic rings. The van der Waals surface area contributed by atoms with E-state index in [-0.39, 0.29) is 5.97 Å². The number of ether oxygens (including phenoxy) is 1. The van der Waals surface area contributed by atoms with Crippen molar-refractivity contribution in [2.45, 2.75) is 39.2 Å². The first-order valence-corrected chi connectivity index (χ1v) is 8.02. The minimum atomic E-state index is -0.330. The van der Waals surface area contributed by atoms with E-state index in [1.54, 1.807) is 6.92 Å². The smallest absolute Gasteiger partial charge is 0.358 e. The Balaban J connectivity index is 1.93. The van der Waals surface area contributed by atoms with Crippen LogP contribution in [-0.2, 0) is 4.74 Å². The molecule has 1 N–H and O–H groups in total. The molecule has 1 atom stereocenters. The number of hydrogen-bond donors (Lipinski definition) is 1. The van der Waals surface area contributed by atoms with Crippen molar-refractivity contribution in [3.05, 3.63) is 10.6 Å². The molecular formula is C14H23N3O2S. The van der Waals surface area contributed by atoms with Crippen LogP contribution in [-0.4, -0.2) is 48.6 Å². The van der Waals surface area contributed by atoms with Gasteiger partial charge in [-0.05, 0) is 40.3 Å². The number of piperidine rings is 1. The van der Waals surface area contributed by atoms with Crippen molar-refractivity contribution in [2.75, 3.05) is 32.1 Å². The summed E-state index contributed by atoms with van der Waals surface area (Å²) in [5.41, 5.74) is 0.441. The number of aromatic nitrogens is 1. The molecule has 5 nitrogen and oxygen atoms in total. The van der Waals surface area contributed by atoms with E-state index in [9.17, 15) is 4.79 Å². The van der Waals surface area contributed by atoms with Gasteiger partial charge >= 0.3 is 5.97 Å². The Bertz CT molecular complexity index is 461. The van der Waals surface area contributed by atoms with Crippen LogP contribution in [0.1, 0.15) is 41.6 Å². The molecule has 2 rings (SSSR count). The number of rotatable bonds is 5. The van der Waals surface area contributed by atoms with E-state index in [1.165, 1.54) is 30.6 Å². The van der Waals surface area contributed by atoms with E-state index >= 15 is 0 Å². The Labute approximate surface area is 124 Å². The lowest BCUT2D eigenvalue weighted by molar-refractivity contribution is 0.0519. The van der Waals surface area contributed by atoms with Gasteiger partial charge in [0.2, 0.25) is 0 Å². The van der Waals surface area contributed by atoms with Crippen molar-refractivity contribution in [3.8, 4) is 0 Å². The Morgan fingerprint density at radius 1 is 1.55 bits per heavy atom. The van der Waals surface area contributed by atoms with Crippen molar-refractivity contribution < 1.29 is 9.53 Å². The fourth-order valence-electron chi connectivity index (χ4n) is 2.47. The third kappa shape index (κ3) is 3.70. The zero-order valence-corrected chi connectivity index (χ0v) is 13.3. The van der Waals surface area contributed by atoms with E-state index in [4.69, 9.17) is 4.74 Å². The molecule has 0 aromatic carbocycles. The maximum Gasteiger partial charge on any atom is 0.358 e. The number of carbonyl (C=O) groups is 1. The van der Waals surface area contributed by atoms with Gasteiger partial charge in [-0.1, -0.05) is 6.42 Å². The average Bonchev–Trinajstić information content (AvgIpc) is 2.79. The highest BCUT2D eigenvalue weighted by molar-refractivity contribution is 7.15. The molecule has 0 aliphatic carbocycles. The molecule has 112 valence electrons. The van der Waals surface area contributed by atoms with Gasteiger partial charge in [0.05, 0.1) is 6.61 Å². The lowest BCUT2D eigenvalue weighted by Gasteiger charge is -2.32. The second-order valence-electron chi connectivity index (χ2n) is 5.16. The van der Waals surface area contributed by atoms with Crippen LogP contribution in [0, 0.1) is 6.92 Å². The largest absolute Gasteiger partial charge is 0.461 e. The topological polar surface area (TPSA) is 54.5 Å². The summed E-state index contributed by atoms with van der Waals surface area (Å²) in [4.78, 5) is 19.4. The van der Waals surface area contributed by atoms with E-state index in [0.717, 1.165) is 23.1 Å². The summed E-state index contributed by atoms with van der Waals surface area (Å²) in [5, 5.41) is 4.17. The highest BCUT2D eigenvalue weighted by Crippen LogP contribution is 2.23. The number of esters is 1. The number of nitrogens with one attached hydrogen (secondary N) is 1. The van der Waals surface area contributed by atoms with Crippen molar-refractivity contribution in [1.29, 1.82) is 0 Å². The van der Waals surface area contributed by atoms with Gasteiger partial charge in [0.25, 0.3) is 0 Å². The van der Waals surface area contributed by atoms with Crippen LogP contribution in [0.4, 0.5) is 5.13 Å². The lowest BCUT2D eigenvalue weighted by Crippen LogP contribution is -2.40. The molecule has 1 aliphatic rings. The summed E-state index contributed by atoms with van der Waals surface area (Å²) in [6.45, 7) is 6.13. The molecular weight excluding hydrogens is 274 g/mol. The van der Waals surface area contributed by atoms with Gasteiger partial charge in [-0.25, -0.2) is 9.78 Å². The van der Waals surface area contributed by atoms with Gasteiger partial charge in [0.15, 0.2) is 10.8 Å². The second-order valence-corrected chi connectivity index (χ2v) is 6.36. The van der Waals surface area contributed by atoms with E-state index in [2.05, 4.69) is 22.2 Å². The number of hydrogen-bond acceptors (Lipinski definition) is 6. The number of anilines is 1. The first-order valence-electron chi connectivity index (χ1n) is 7.20. The number of thiazole rings is 1. The summed E-state index contributed by atoms with van der Waals surface area (Å²) in [6.07, 6.45) is 3.80. The minimum absolute atomic E-state index is 0.330. The molecule has 1 aliphatic heterocycles. The maximum absolute atomic E-state index is 11.7. The molecule has 0 bridgehead atoms. The third-order valence-electron chi connectivity index (χ3n) is 3.68. The standard InChI is InChI=1S/C14H23N3O2S/c1-4-19-13(18)12-10(2)20-14(16-12)15-9-11-7-5-6-8-17(11)3/h11H,4-9H2,1-3H3,(H,15,16). The number of nitrogens with zero attached hydrogens (tertiary/aromatic N) is 2. The molecule has 6 heteroatoms. The van der Waals surface area contributed by atoms with Crippen LogP contribution in [0.2, 0.25) is 0 Å². The Kier molecular flexibility index (Phi) is 5.37. The van der Waals surface area contributed by atoms with Gasteiger partial charge in [0, 0.05) is 17.5 Å². The van der Waals surface area contributed by atoms with Crippen LogP contribution >= 0.6 is 11.3 Å². The number of likely N-dealkylation sites (N-methyl/N-ethyl adjacent to an activating group) is 1. The SMILES string of the molecule is CCOC(=O)c1nc(NCC2CCCCN2C)sc1C. The molecule has 1 fully saturated rings. The first kappa shape index (κ1) is 15.3. The van der Waals surface area contributed by atoms with Crippen LogP contribution in [0.15, 0.2) is 0 Å². The van der Waals surface area contributed by atoms with Crippen molar-refractivity contribution >= 4 is 22.4 Å². The van der Waals surface area contributed by atoms with Gasteiger partial charge in [-0.3, -0.25) is 0 Å². The molecule has 1 saturated heterocycles. The molecule has 2 heterocycles. The second kappa shape index (κ2) is 7.04. The highest BCUT2D eigenvalue weighted by atomic mass is 32.1. The van der Waals surface area contributed by atoms with Crippen LogP contribution in [0.3, 0.4) is 0 Å². The van der Waals surface area contributed by atoms with Crippen LogP contribution in [0.25, 0.3) is 0 Å². The van der Waals surface area contributed by atoms with Crippen molar-refractivity contribution in [2.24, 2.45) is 0 Å². The van der Waals surface area contributed by atoms with Crippen molar-refractivity contribution in [1.82, 2.24) is 9.88 Å². The van der Waals surface area contributed by atoms with Gasteiger partial charge in [0.1, 0.15) is 0 Å². The molecule has 20 heavy (non-hydrogen) atoms. The summed E-state index contributed by atoms with van der Waals surface area (Å²) in [7, 11) is 2.17. The molecule has 0 amide bonds.